The van der Waals surface area contributed by atoms with Crippen LogP contribution in [-0.2, 0) is 4.79 Å². The summed E-state index contributed by atoms with van der Waals surface area (Å²) in [6.45, 7) is 8.00. The number of aromatic hydroxyl groups is 1. The minimum Gasteiger partial charge on any atom is -0.508 e. The van der Waals surface area contributed by atoms with E-state index in [1.807, 2.05) is 19.9 Å². The number of carbonyl (C=O) groups excluding carboxylic acids is 1. The summed E-state index contributed by atoms with van der Waals surface area (Å²) < 4.78 is 0. The van der Waals surface area contributed by atoms with Gasteiger partial charge in [0.25, 0.3) is 0 Å². The van der Waals surface area contributed by atoms with Gasteiger partial charge in [-0.2, -0.15) is 0 Å². The smallest absolute Gasteiger partial charge is 0.224 e. The van der Waals surface area contributed by atoms with Crippen molar-refractivity contribution in [1.82, 2.24) is 5.32 Å². The molecule has 0 aliphatic carbocycles. The average Bonchev–Trinajstić information content (AvgIpc) is 2.45. The number of amides is 1. The van der Waals surface area contributed by atoms with Crippen molar-refractivity contribution in [3.63, 3.8) is 0 Å². The molecule has 0 aromatic heterocycles. The summed E-state index contributed by atoms with van der Waals surface area (Å²) in [6, 6.07) is 3.52. The number of anilines is 1. The first kappa shape index (κ1) is 15.8. The summed E-state index contributed by atoms with van der Waals surface area (Å²) in [5, 5.41) is 16.0. The fourth-order valence-electron chi connectivity index (χ4n) is 2.96. The first-order chi connectivity index (χ1) is 9.97. The highest BCUT2D eigenvalue weighted by molar-refractivity contribution is 5.91. The number of phenolic OH excluding ortho intramolecular Hbond substituents is 1. The molecule has 1 fully saturated rings. The quantitative estimate of drug-likeness (QED) is 0.747. The van der Waals surface area contributed by atoms with Crippen molar-refractivity contribution >= 4 is 11.6 Å². The van der Waals surface area contributed by atoms with E-state index >= 15 is 0 Å². The van der Waals surface area contributed by atoms with Gasteiger partial charge in [0, 0.05) is 12.1 Å². The lowest BCUT2D eigenvalue weighted by molar-refractivity contribution is -0.117. The Kier molecular flexibility index (Phi) is 5.23. The van der Waals surface area contributed by atoms with Crippen molar-refractivity contribution in [3.05, 3.63) is 23.3 Å². The summed E-state index contributed by atoms with van der Waals surface area (Å²) in [5.41, 5.74) is 2.46. The number of hydrogen-bond acceptors (Lipinski definition) is 3. The third-order valence-electron chi connectivity index (χ3n) is 4.46. The van der Waals surface area contributed by atoms with Crippen LogP contribution in [0.4, 0.5) is 5.69 Å². The standard InChI is InChI=1S/C17H26N2O2/c1-11(14-5-4-6-18-10-14)9-17(21)19-15-7-13(3)16(20)8-12(15)2/h7-8,11,14,18,20H,4-6,9-10H2,1-3H3,(H,19,21). The summed E-state index contributed by atoms with van der Waals surface area (Å²) in [5.74, 6) is 1.30. The number of benzene rings is 1. The molecule has 1 aliphatic heterocycles. The van der Waals surface area contributed by atoms with E-state index in [1.165, 1.54) is 12.8 Å². The molecule has 0 radical (unpaired) electrons. The van der Waals surface area contributed by atoms with Gasteiger partial charge in [-0.3, -0.25) is 4.79 Å². The fourth-order valence-corrected chi connectivity index (χ4v) is 2.96. The first-order valence-electron chi connectivity index (χ1n) is 7.78. The van der Waals surface area contributed by atoms with Crippen LogP contribution in [0.5, 0.6) is 5.75 Å². The summed E-state index contributed by atoms with van der Waals surface area (Å²) >= 11 is 0. The van der Waals surface area contributed by atoms with Crippen molar-refractivity contribution < 1.29 is 9.90 Å². The van der Waals surface area contributed by atoms with Gasteiger partial charge in [0.15, 0.2) is 0 Å². The van der Waals surface area contributed by atoms with Crippen LogP contribution < -0.4 is 10.6 Å². The Bertz CT molecular complexity index is 508. The minimum atomic E-state index is 0.0567. The number of rotatable bonds is 4. The molecule has 1 saturated heterocycles. The Labute approximate surface area is 126 Å². The van der Waals surface area contributed by atoms with E-state index in [9.17, 15) is 9.90 Å². The highest BCUT2D eigenvalue weighted by Crippen LogP contribution is 2.26. The third kappa shape index (κ3) is 4.21. The fraction of sp³-hybridized carbons (Fsp3) is 0.588. The topological polar surface area (TPSA) is 61.4 Å². The predicted molar refractivity (Wildman–Crippen MR) is 85.6 cm³/mol. The zero-order chi connectivity index (χ0) is 15.4. The maximum Gasteiger partial charge on any atom is 0.224 e. The molecular formula is C17H26N2O2. The highest BCUT2D eigenvalue weighted by atomic mass is 16.3. The summed E-state index contributed by atoms with van der Waals surface area (Å²) in [6.07, 6.45) is 2.96. The van der Waals surface area contributed by atoms with Crippen LogP contribution >= 0.6 is 0 Å². The molecule has 2 atom stereocenters. The van der Waals surface area contributed by atoms with Gasteiger partial charge in [-0.15, -0.1) is 0 Å². The Morgan fingerprint density at radius 2 is 2.19 bits per heavy atom. The average molecular weight is 290 g/mol. The van der Waals surface area contributed by atoms with E-state index in [4.69, 9.17) is 0 Å². The van der Waals surface area contributed by atoms with Crippen molar-refractivity contribution in [3.8, 4) is 5.75 Å². The Morgan fingerprint density at radius 1 is 1.43 bits per heavy atom. The van der Waals surface area contributed by atoms with E-state index in [-0.39, 0.29) is 11.7 Å². The van der Waals surface area contributed by atoms with Crippen LogP contribution in [0, 0.1) is 25.7 Å². The Morgan fingerprint density at radius 3 is 2.86 bits per heavy atom. The summed E-state index contributed by atoms with van der Waals surface area (Å²) in [4.78, 5) is 12.2. The van der Waals surface area contributed by atoms with Crippen LogP contribution in [0.25, 0.3) is 0 Å². The number of phenols is 1. The Balaban J connectivity index is 1.93. The van der Waals surface area contributed by atoms with E-state index in [0.717, 1.165) is 29.9 Å². The van der Waals surface area contributed by atoms with E-state index < -0.39 is 0 Å². The number of aryl methyl sites for hydroxylation is 2. The molecule has 1 heterocycles. The lowest BCUT2D eigenvalue weighted by atomic mass is 9.85. The van der Waals surface area contributed by atoms with Crippen LogP contribution in [0.3, 0.4) is 0 Å². The van der Waals surface area contributed by atoms with Crippen LogP contribution in [-0.4, -0.2) is 24.1 Å². The molecule has 0 spiro atoms. The molecule has 4 heteroatoms. The van der Waals surface area contributed by atoms with E-state index in [0.29, 0.717) is 18.3 Å². The highest BCUT2D eigenvalue weighted by Gasteiger charge is 2.22. The van der Waals surface area contributed by atoms with E-state index in [2.05, 4.69) is 17.6 Å². The molecule has 0 bridgehead atoms. The zero-order valence-corrected chi connectivity index (χ0v) is 13.2. The van der Waals surface area contributed by atoms with Crippen molar-refractivity contribution in [2.75, 3.05) is 18.4 Å². The molecule has 116 valence electrons. The number of hydrogen-bond donors (Lipinski definition) is 3. The molecule has 1 amide bonds. The maximum atomic E-state index is 12.2. The van der Waals surface area contributed by atoms with Crippen LogP contribution in [0.1, 0.15) is 37.3 Å². The molecular weight excluding hydrogens is 264 g/mol. The molecule has 3 N–H and O–H groups in total. The number of nitrogens with one attached hydrogen (secondary N) is 2. The van der Waals surface area contributed by atoms with Gasteiger partial charge >= 0.3 is 0 Å². The molecule has 21 heavy (non-hydrogen) atoms. The van der Waals surface area contributed by atoms with Crippen molar-refractivity contribution in [1.29, 1.82) is 0 Å². The molecule has 1 aliphatic rings. The van der Waals surface area contributed by atoms with Crippen molar-refractivity contribution in [2.45, 2.75) is 40.0 Å². The van der Waals surface area contributed by atoms with Crippen LogP contribution in [0.2, 0.25) is 0 Å². The first-order valence-corrected chi connectivity index (χ1v) is 7.78. The second kappa shape index (κ2) is 6.94. The summed E-state index contributed by atoms with van der Waals surface area (Å²) in [7, 11) is 0. The predicted octanol–water partition coefficient (Wildman–Crippen LogP) is 2.97. The lowest BCUT2D eigenvalue weighted by Gasteiger charge is -2.28. The second-order valence-corrected chi connectivity index (χ2v) is 6.29. The molecule has 0 saturated carbocycles. The maximum absolute atomic E-state index is 12.2. The second-order valence-electron chi connectivity index (χ2n) is 6.29. The van der Waals surface area contributed by atoms with Gasteiger partial charge < -0.3 is 15.7 Å². The lowest BCUT2D eigenvalue weighted by Crippen LogP contribution is -2.34. The third-order valence-corrected chi connectivity index (χ3v) is 4.46. The van der Waals surface area contributed by atoms with Gasteiger partial charge in [-0.25, -0.2) is 0 Å². The largest absolute Gasteiger partial charge is 0.508 e. The van der Waals surface area contributed by atoms with Gasteiger partial charge in [0.1, 0.15) is 5.75 Å². The monoisotopic (exact) mass is 290 g/mol. The molecule has 1 aromatic carbocycles. The number of carbonyl (C=O) groups is 1. The Hall–Kier alpha value is -1.55. The molecule has 2 unspecified atom stereocenters. The van der Waals surface area contributed by atoms with Crippen LogP contribution in [0.15, 0.2) is 12.1 Å². The number of piperidine rings is 1. The molecule has 4 nitrogen and oxygen atoms in total. The molecule has 1 aromatic rings. The SMILES string of the molecule is Cc1cc(NC(=O)CC(C)C2CCCNC2)c(C)cc1O. The van der Waals surface area contributed by atoms with Gasteiger partial charge in [0.05, 0.1) is 0 Å². The van der Waals surface area contributed by atoms with Crippen molar-refractivity contribution in [2.24, 2.45) is 11.8 Å². The van der Waals surface area contributed by atoms with Gasteiger partial charge in [0.2, 0.25) is 5.91 Å². The minimum absolute atomic E-state index is 0.0567. The zero-order valence-electron chi connectivity index (χ0n) is 13.2. The normalized spacial score (nSPS) is 20.0. The molecule has 2 rings (SSSR count). The van der Waals surface area contributed by atoms with Gasteiger partial charge in [-0.05, 0) is 74.9 Å². The van der Waals surface area contributed by atoms with Gasteiger partial charge in [-0.1, -0.05) is 6.92 Å². The van der Waals surface area contributed by atoms with E-state index in [1.54, 1.807) is 6.07 Å².